The van der Waals surface area contributed by atoms with Crippen molar-refractivity contribution in [2.45, 2.75) is 31.7 Å². The van der Waals surface area contributed by atoms with Crippen molar-refractivity contribution < 1.29 is 0 Å². The average Bonchev–Trinajstić information content (AvgIpc) is 3.20. The number of hydrogen-bond acceptors (Lipinski definition) is 1. The zero-order valence-electron chi connectivity index (χ0n) is 12.8. The van der Waals surface area contributed by atoms with Crippen LogP contribution in [-0.4, -0.2) is 9.55 Å². The molecule has 0 bridgehead atoms. The van der Waals surface area contributed by atoms with E-state index in [0.29, 0.717) is 5.92 Å². The Bertz CT molecular complexity index is 760. The largest absolute Gasteiger partial charge is 0.326 e. The van der Waals surface area contributed by atoms with Crippen LogP contribution in [0.5, 0.6) is 0 Å². The lowest BCUT2D eigenvalue weighted by atomic mass is 9.93. The number of hydrogen-bond donors (Lipinski definition) is 0. The summed E-state index contributed by atoms with van der Waals surface area (Å²) in [5.41, 5.74) is 5.69. The monoisotopic (exact) mass is 288 g/mol. The summed E-state index contributed by atoms with van der Waals surface area (Å²) in [6.07, 6.45) is 8.31. The van der Waals surface area contributed by atoms with Gasteiger partial charge in [0, 0.05) is 12.4 Å². The van der Waals surface area contributed by atoms with Gasteiger partial charge in [-0.2, -0.15) is 0 Å². The topological polar surface area (TPSA) is 17.8 Å². The second-order valence-corrected chi connectivity index (χ2v) is 6.22. The summed E-state index contributed by atoms with van der Waals surface area (Å²) in [4.78, 5) is 4.24. The van der Waals surface area contributed by atoms with Crippen LogP contribution in [0.1, 0.15) is 47.6 Å². The molecular formula is C20H20N2. The third kappa shape index (κ3) is 2.25. The van der Waals surface area contributed by atoms with E-state index in [4.69, 9.17) is 0 Å². The summed E-state index contributed by atoms with van der Waals surface area (Å²) in [6.45, 7) is 2.34. The van der Waals surface area contributed by atoms with Gasteiger partial charge in [0.2, 0.25) is 0 Å². The van der Waals surface area contributed by atoms with Gasteiger partial charge in [0.1, 0.15) is 0 Å². The fourth-order valence-electron chi connectivity index (χ4n) is 3.59. The first-order valence-electron chi connectivity index (χ1n) is 7.98. The van der Waals surface area contributed by atoms with Gasteiger partial charge >= 0.3 is 0 Å². The number of benzene rings is 2. The molecule has 0 saturated carbocycles. The van der Waals surface area contributed by atoms with E-state index in [1.165, 1.54) is 35.1 Å². The first kappa shape index (κ1) is 13.3. The number of aromatic nitrogens is 2. The van der Waals surface area contributed by atoms with Crippen molar-refractivity contribution in [3.05, 3.63) is 89.5 Å². The highest BCUT2D eigenvalue weighted by molar-refractivity contribution is 5.42. The first-order valence-corrected chi connectivity index (χ1v) is 7.98. The molecule has 22 heavy (non-hydrogen) atoms. The lowest BCUT2D eigenvalue weighted by Gasteiger charge is -2.21. The van der Waals surface area contributed by atoms with Gasteiger partial charge in [-0.25, -0.2) is 4.98 Å². The van der Waals surface area contributed by atoms with Crippen LogP contribution in [0.15, 0.2) is 67.3 Å². The highest BCUT2D eigenvalue weighted by Crippen LogP contribution is 2.36. The van der Waals surface area contributed by atoms with E-state index in [-0.39, 0.29) is 6.04 Å². The van der Waals surface area contributed by atoms with E-state index in [2.05, 4.69) is 65.0 Å². The number of fused-ring (bicyclic) bond motifs is 1. The minimum Gasteiger partial charge on any atom is -0.326 e. The standard InChI is InChI=1S/C20H20N2/c1-15-7-8-16-9-10-18(13-19(15)16)20(22-12-11-21-14-22)17-5-3-2-4-6-17/h2-6,9-15,20H,7-8H2,1H3. The molecule has 1 aliphatic carbocycles. The molecule has 110 valence electrons. The Morgan fingerprint density at radius 2 is 1.95 bits per heavy atom. The normalized spacial score (nSPS) is 18.1. The van der Waals surface area contributed by atoms with E-state index in [1.54, 1.807) is 0 Å². The third-order valence-electron chi connectivity index (χ3n) is 4.80. The summed E-state index contributed by atoms with van der Waals surface area (Å²) in [5.74, 6) is 0.675. The summed E-state index contributed by atoms with van der Waals surface area (Å²) in [5, 5.41) is 0. The second-order valence-electron chi connectivity index (χ2n) is 6.22. The number of rotatable bonds is 3. The fraction of sp³-hybridized carbons (Fsp3) is 0.250. The zero-order chi connectivity index (χ0) is 14.9. The van der Waals surface area contributed by atoms with Gasteiger partial charge in [-0.3, -0.25) is 0 Å². The summed E-state index contributed by atoms with van der Waals surface area (Å²) in [7, 11) is 0. The Morgan fingerprint density at radius 1 is 1.09 bits per heavy atom. The molecule has 0 fully saturated rings. The van der Waals surface area contributed by atoms with Crippen molar-refractivity contribution in [3.63, 3.8) is 0 Å². The Hall–Kier alpha value is -2.35. The molecule has 2 aromatic carbocycles. The van der Waals surface area contributed by atoms with E-state index in [1.807, 2.05) is 18.7 Å². The molecule has 1 aromatic heterocycles. The molecule has 0 spiro atoms. The zero-order valence-corrected chi connectivity index (χ0v) is 12.8. The molecule has 3 aromatic rings. The highest BCUT2D eigenvalue weighted by atomic mass is 15.0. The van der Waals surface area contributed by atoms with Gasteiger partial charge in [-0.05, 0) is 41.0 Å². The molecule has 0 saturated heterocycles. The number of aryl methyl sites for hydroxylation is 1. The molecule has 0 aliphatic heterocycles. The lowest BCUT2D eigenvalue weighted by Crippen LogP contribution is -2.11. The minimum atomic E-state index is 0.196. The van der Waals surface area contributed by atoms with Crippen molar-refractivity contribution in [3.8, 4) is 0 Å². The SMILES string of the molecule is CC1CCc2ccc(C(c3ccccc3)n3ccnc3)cc21. The van der Waals surface area contributed by atoms with Crippen LogP contribution in [-0.2, 0) is 6.42 Å². The van der Waals surface area contributed by atoms with Crippen LogP contribution in [0.25, 0.3) is 0 Å². The molecule has 2 unspecified atom stereocenters. The molecule has 0 amide bonds. The number of nitrogens with zero attached hydrogens (tertiary/aromatic N) is 2. The average molecular weight is 288 g/mol. The molecule has 4 rings (SSSR count). The summed E-state index contributed by atoms with van der Waals surface area (Å²) >= 11 is 0. The van der Waals surface area contributed by atoms with Crippen molar-refractivity contribution in [1.82, 2.24) is 9.55 Å². The minimum absolute atomic E-state index is 0.196. The van der Waals surface area contributed by atoms with Crippen molar-refractivity contribution >= 4 is 0 Å². The molecule has 2 nitrogen and oxygen atoms in total. The Balaban J connectivity index is 1.84. The molecular weight excluding hydrogens is 268 g/mol. The fourth-order valence-corrected chi connectivity index (χ4v) is 3.59. The van der Waals surface area contributed by atoms with Gasteiger partial charge in [0.15, 0.2) is 0 Å². The van der Waals surface area contributed by atoms with Crippen LogP contribution in [0.3, 0.4) is 0 Å². The molecule has 0 radical (unpaired) electrons. The third-order valence-corrected chi connectivity index (χ3v) is 4.80. The van der Waals surface area contributed by atoms with Crippen LogP contribution >= 0.6 is 0 Å². The van der Waals surface area contributed by atoms with Gasteiger partial charge in [-0.1, -0.05) is 55.5 Å². The summed E-state index contributed by atoms with van der Waals surface area (Å²) in [6, 6.07) is 17.9. The maximum atomic E-state index is 4.24. The maximum absolute atomic E-state index is 4.24. The van der Waals surface area contributed by atoms with Gasteiger partial charge < -0.3 is 4.57 Å². The molecule has 1 aliphatic rings. The van der Waals surface area contributed by atoms with Crippen LogP contribution in [0.4, 0.5) is 0 Å². The molecule has 2 heteroatoms. The molecule has 2 atom stereocenters. The quantitative estimate of drug-likeness (QED) is 0.690. The van der Waals surface area contributed by atoms with Crippen LogP contribution in [0, 0.1) is 0 Å². The number of imidazole rings is 1. The Morgan fingerprint density at radius 3 is 2.73 bits per heavy atom. The lowest BCUT2D eigenvalue weighted by molar-refractivity contribution is 0.674. The van der Waals surface area contributed by atoms with E-state index in [9.17, 15) is 0 Å². The van der Waals surface area contributed by atoms with Crippen LogP contribution < -0.4 is 0 Å². The predicted molar refractivity (Wildman–Crippen MR) is 89.1 cm³/mol. The van der Waals surface area contributed by atoms with Crippen LogP contribution in [0.2, 0.25) is 0 Å². The van der Waals surface area contributed by atoms with Crippen molar-refractivity contribution in [2.24, 2.45) is 0 Å². The smallest absolute Gasteiger partial charge is 0.0954 e. The molecule has 1 heterocycles. The maximum Gasteiger partial charge on any atom is 0.0954 e. The first-order chi connectivity index (χ1) is 10.8. The van der Waals surface area contributed by atoms with E-state index in [0.717, 1.165) is 0 Å². The predicted octanol–water partition coefficient (Wildman–Crippen LogP) is 4.57. The van der Waals surface area contributed by atoms with Gasteiger partial charge in [0.05, 0.1) is 12.4 Å². The second kappa shape index (κ2) is 5.45. The van der Waals surface area contributed by atoms with Gasteiger partial charge in [-0.15, -0.1) is 0 Å². The highest BCUT2D eigenvalue weighted by Gasteiger charge is 2.22. The van der Waals surface area contributed by atoms with Crippen molar-refractivity contribution in [2.75, 3.05) is 0 Å². The van der Waals surface area contributed by atoms with Gasteiger partial charge in [0.25, 0.3) is 0 Å². The van der Waals surface area contributed by atoms with Crippen molar-refractivity contribution in [1.29, 1.82) is 0 Å². The van der Waals surface area contributed by atoms with E-state index >= 15 is 0 Å². The van der Waals surface area contributed by atoms with E-state index < -0.39 is 0 Å². The summed E-state index contributed by atoms with van der Waals surface area (Å²) < 4.78 is 2.19. The Labute approximate surface area is 131 Å². The Kier molecular flexibility index (Phi) is 3.30. The molecule has 0 N–H and O–H groups in total.